The maximum Gasteiger partial charge on any atom is 0.134 e. The van der Waals surface area contributed by atoms with Crippen molar-refractivity contribution in [3.05, 3.63) is 230 Å². The smallest absolute Gasteiger partial charge is 0.134 e. The van der Waals surface area contributed by atoms with Gasteiger partial charge in [0.15, 0.2) is 0 Å². The number of nitrogens with zero attached hydrogens (tertiary/aromatic N) is 1. The minimum absolute atomic E-state index is 0.0953. The summed E-state index contributed by atoms with van der Waals surface area (Å²) in [6.45, 7) is 4.24. The Hall–Kier alpha value is -7.16. The second kappa shape index (κ2) is 14.2. The molecule has 1 aliphatic carbocycles. The fourth-order valence-corrected chi connectivity index (χ4v) is 8.20. The van der Waals surface area contributed by atoms with Crippen molar-refractivity contribution < 1.29 is 4.74 Å². The van der Waals surface area contributed by atoms with Gasteiger partial charge in [-0.15, -0.1) is 0 Å². The Morgan fingerprint density at radius 3 is 2.00 bits per heavy atom. The van der Waals surface area contributed by atoms with E-state index in [-0.39, 0.29) is 5.92 Å². The van der Waals surface area contributed by atoms with Crippen molar-refractivity contribution in [3.63, 3.8) is 0 Å². The van der Waals surface area contributed by atoms with E-state index in [0.717, 1.165) is 46.1 Å². The second-order valence-electron chi connectivity index (χ2n) is 14.6. The zero-order chi connectivity index (χ0) is 37.4. The van der Waals surface area contributed by atoms with Crippen LogP contribution in [0.2, 0.25) is 0 Å². The Kier molecular flexibility index (Phi) is 8.50. The summed E-state index contributed by atoms with van der Waals surface area (Å²) >= 11 is 0. The molecular weight excluding hydrogens is 679 g/mol. The van der Waals surface area contributed by atoms with Crippen LogP contribution in [0, 0.1) is 5.92 Å². The van der Waals surface area contributed by atoms with E-state index in [0.29, 0.717) is 0 Å². The van der Waals surface area contributed by atoms with Crippen molar-refractivity contribution in [2.24, 2.45) is 5.92 Å². The van der Waals surface area contributed by atoms with Crippen LogP contribution in [-0.4, -0.2) is 0 Å². The summed E-state index contributed by atoms with van der Waals surface area (Å²) in [5.41, 5.74) is 10.2. The van der Waals surface area contributed by atoms with Gasteiger partial charge in [-0.05, 0) is 104 Å². The summed E-state index contributed by atoms with van der Waals surface area (Å²) < 4.78 is 6.58. The number of ether oxygens (including phenoxy) is 1. The lowest BCUT2D eigenvalue weighted by Gasteiger charge is -2.31. The van der Waals surface area contributed by atoms with E-state index < -0.39 is 0 Å². The number of fused-ring (bicyclic) bond motifs is 5. The number of benzene rings is 8. The molecule has 10 rings (SSSR count). The summed E-state index contributed by atoms with van der Waals surface area (Å²) in [4.78, 5) is 2.42. The lowest BCUT2D eigenvalue weighted by molar-refractivity contribution is 0.371. The predicted octanol–water partition coefficient (Wildman–Crippen LogP) is 14.6. The molecule has 0 saturated heterocycles. The molecule has 0 radical (unpaired) electrons. The Labute approximate surface area is 327 Å². The minimum Gasteiger partial charge on any atom is -0.460 e. The van der Waals surface area contributed by atoms with Crippen LogP contribution in [0.4, 0.5) is 11.4 Å². The van der Waals surface area contributed by atoms with Crippen molar-refractivity contribution in [1.82, 2.24) is 0 Å². The molecular formula is C54H39NO. The molecule has 266 valence electrons. The van der Waals surface area contributed by atoms with Gasteiger partial charge < -0.3 is 9.64 Å². The molecule has 2 nitrogen and oxygen atoms in total. The van der Waals surface area contributed by atoms with Gasteiger partial charge in [-0.1, -0.05) is 170 Å². The van der Waals surface area contributed by atoms with Crippen LogP contribution >= 0.6 is 0 Å². The molecule has 0 saturated carbocycles. The molecule has 0 N–H and O–H groups in total. The molecule has 0 aromatic heterocycles. The van der Waals surface area contributed by atoms with Crippen LogP contribution < -0.4 is 9.64 Å². The summed E-state index contributed by atoms with van der Waals surface area (Å²) in [6, 6.07) is 61.1. The first-order chi connectivity index (χ1) is 27.7. The third-order valence-corrected chi connectivity index (χ3v) is 11.1. The molecule has 1 unspecified atom stereocenters. The van der Waals surface area contributed by atoms with Crippen LogP contribution in [0.1, 0.15) is 12.0 Å². The Morgan fingerprint density at radius 1 is 0.554 bits per heavy atom. The topological polar surface area (TPSA) is 12.5 Å². The zero-order valence-corrected chi connectivity index (χ0v) is 31.0. The first-order valence-corrected chi connectivity index (χ1v) is 19.3. The van der Waals surface area contributed by atoms with Crippen LogP contribution in [0.25, 0.3) is 60.1 Å². The van der Waals surface area contributed by atoms with Gasteiger partial charge in [0.05, 0.1) is 5.69 Å². The number of para-hydroxylation sites is 1. The van der Waals surface area contributed by atoms with Crippen LogP contribution in [0.5, 0.6) is 5.75 Å². The third kappa shape index (κ3) is 6.22. The molecule has 0 fully saturated rings. The highest BCUT2D eigenvalue weighted by atomic mass is 16.5. The van der Waals surface area contributed by atoms with E-state index in [1.54, 1.807) is 0 Å². The average molecular weight is 718 g/mol. The van der Waals surface area contributed by atoms with E-state index >= 15 is 0 Å². The first kappa shape index (κ1) is 33.4. The number of anilines is 2. The standard InChI is InChI=1S/C54H39NO/c1-37-10-8-19-52(56-53-18-7-6-15-49(37)53)43-30-34-48(35-31-43)55(51-17-9-14-44-26-25-42-12-4-5-16-50(42)54(44)51)47-32-28-40(29-33-47)39-20-22-41(23-21-39)46-27-24-38-11-2-3-13-45(38)36-46/h2-30,32-36,43H,1,31H2/b10-8-,52-19-. The van der Waals surface area contributed by atoms with Crippen molar-refractivity contribution in [1.29, 1.82) is 0 Å². The molecule has 56 heavy (non-hydrogen) atoms. The molecule has 2 heteroatoms. The van der Waals surface area contributed by atoms with E-state index in [4.69, 9.17) is 4.74 Å². The lowest BCUT2D eigenvalue weighted by Crippen LogP contribution is -2.19. The molecule has 2 aliphatic rings. The number of allylic oxidation sites excluding steroid dienone is 7. The average Bonchev–Trinajstić information content (AvgIpc) is 3.26. The van der Waals surface area contributed by atoms with Gasteiger partial charge in [0, 0.05) is 28.3 Å². The van der Waals surface area contributed by atoms with Crippen molar-refractivity contribution in [2.75, 3.05) is 4.90 Å². The van der Waals surface area contributed by atoms with Crippen LogP contribution in [-0.2, 0) is 0 Å². The molecule has 0 bridgehead atoms. The van der Waals surface area contributed by atoms with Crippen molar-refractivity contribution in [2.45, 2.75) is 6.42 Å². The fourth-order valence-electron chi connectivity index (χ4n) is 8.20. The predicted molar refractivity (Wildman–Crippen MR) is 237 cm³/mol. The first-order valence-electron chi connectivity index (χ1n) is 19.3. The van der Waals surface area contributed by atoms with Gasteiger partial charge >= 0.3 is 0 Å². The molecule has 0 spiro atoms. The van der Waals surface area contributed by atoms with E-state index in [1.807, 2.05) is 24.3 Å². The number of hydrogen-bond acceptors (Lipinski definition) is 2. The highest BCUT2D eigenvalue weighted by Gasteiger charge is 2.23. The normalized spacial score (nSPS) is 16.6. The number of hydrogen-bond donors (Lipinski definition) is 0. The van der Waals surface area contributed by atoms with Crippen LogP contribution in [0.3, 0.4) is 0 Å². The van der Waals surface area contributed by atoms with Crippen molar-refractivity contribution in [3.8, 4) is 28.0 Å². The summed E-state index contributed by atoms with van der Waals surface area (Å²) in [7, 11) is 0. The maximum absolute atomic E-state index is 6.58. The van der Waals surface area contributed by atoms with Crippen LogP contribution in [0.15, 0.2) is 224 Å². The molecule has 8 aromatic carbocycles. The second-order valence-corrected chi connectivity index (χ2v) is 14.6. The Bertz CT molecular complexity index is 2920. The molecule has 1 heterocycles. The Morgan fingerprint density at radius 2 is 1.20 bits per heavy atom. The minimum atomic E-state index is 0.0953. The van der Waals surface area contributed by atoms with E-state index in [2.05, 4.69) is 194 Å². The SMILES string of the molecule is C=C1/C=C\C=C(\C2C=CC(N(c3ccc(-c4ccc(-c5ccc6ccccc6c5)cc4)cc3)c3cccc4ccc5ccccc5c34)=CC2)Oc2ccccc21. The molecule has 0 amide bonds. The van der Waals surface area contributed by atoms with Gasteiger partial charge in [-0.2, -0.15) is 0 Å². The van der Waals surface area contributed by atoms with Gasteiger partial charge in [0.1, 0.15) is 11.5 Å². The molecule has 1 aliphatic heterocycles. The summed E-state index contributed by atoms with van der Waals surface area (Å²) in [5, 5.41) is 7.44. The Balaban J connectivity index is 1.01. The summed E-state index contributed by atoms with van der Waals surface area (Å²) in [5.74, 6) is 1.85. The highest BCUT2D eigenvalue weighted by Crippen LogP contribution is 2.42. The molecule has 8 aromatic rings. The maximum atomic E-state index is 6.58. The van der Waals surface area contributed by atoms with E-state index in [9.17, 15) is 0 Å². The lowest BCUT2D eigenvalue weighted by atomic mass is 9.94. The third-order valence-electron chi connectivity index (χ3n) is 11.1. The molecule has 1 atom stereocenters. The van der Waals surface area contributed by atoms with Gasteiger partial charge in [-0.25, -0.2) is 0 Å². The van der Waals surface area contributed by atoms with Crippen molar-refractivity contribution >= 4 is 49.3 Å². The van der Waals surface area contributed by atoms with E-state index in [1.165, 1.54) is 54.6 Å². The van der Waals surface area contributed by atoms with Gasteiger partial charge in [0.2, 0.25) is 0 Å². The highest BCUT2D eigenvalue weighted by molar-refractivity contribution is 6.14. The largest absolute Gasteiger partial charge is 0.460 e. The quantitative estimate of drug-likeness (QED) is 0.159. The zero-order valence-electron chi connectivity index (χ0n) is 31.0. The van der Waals surface area contributed by atoms with Gasteiger partial charge in [-0.3, -0.25) is 0 Å². The number of rotatable bonds is 6. The summed E-state index contributed by atoms with van der Waals surface area (Å²) in [6.07, 6.45) is 13.9. The monoisotopic (exact) mass is 717 g/mol. The van der Waals surface area contributed by atoms with Gasteiger partial charge in [0.25, 0.3) is 0 Å². The fraction of sp³-hybridized carbons (Fsp3) is 0.0370.